The predicted molar refractivity (Wildman–Crippen MR) is 161 cm³/mol. The summed E-state index contributed by atoms with van der Waals surface area (Å²) in [4.78, 5) is 28.6. The van der Waals surface area contributed by atoms with E-state index in [4.69, 9.17) is 0 Å². The van der Waals surface area contributed by atoms with Crippen molar-refractivity contribution in [1.29, 1.82) is 0 Å². The molecule has 7 nitrogen and oxygen atoms in total. The Hall–Kier alpha value is -3.86. The van der Waals surface area contributed by atoms with Gasteiger partial charge in [0.25, 0.3) is 10.0 Å². The summed E-state index contributed by atoms with van der Waals surface area (Å²) in [5, 5.41) is 2.88. The normalized spacial score (nSPS) is 12.9. The number of nitrogens with zero attached hydrogens (tertiary/aromatic N) is 2. The molecule has 0 saturated heterocycles. The second-order valence-electron chi connectivity index (χ2n) is 11.5. The second kappa shape index (κ2) is 13.2. The Bertz CT molecular complexity index is 1550. The summed E-state index contributed by atoms with van der Waals surface area (Å²) in [6, 6.07) is 16.0. The number of halogens is 3. The lowest BCUT2D eigenvalue weighted by atomic mass is 10.0. The van der Waals surface area contributed by atoms with Gasteiger partial charge in [-0.25, -0.2) is 8.42 Å². The molecule has 3 aromatic rings. The number of benzene rings is 3. The van der Waals surface area contributed by atoms with Gasteiger partial charge in [-0.1, -0.05) is 60.5 Å². The monoisotopic (exact) mass is 617 g/mol. The van der Waals surface area contributed by atoms with E-state index in [1.54, 1.807) is 58.9 Å². The second-order valence-corrected chi connectivity index (χ2v) is 13.4. The first-order valence-electron chi connectivity index (χ1n) is 13.9. The fourth-order valence-corrected chi connectivity index (χ4v) is 5.99. The Morgan fingerprint density at radius 2 is 1.51 bits per heavy atom. The molecule has 0 aromatic heterocycles. The van der Waals surface area contributed by atoms with Crippen LogP contribution in [0.4, 0.5) is 18.9 Å². The van der Waals surface area contributed by atoms with Gasteiger partial charge in [-0.05, 0) is 76.9 Å². The minimum atomic E-state index is -4.74. The number of carbonyl (C=O) groups excluding carboxylic acids is 2. The number of nitrogens with one attached hydrogen (secondary N) is 1. The highest BCUT2D eigenvalue weighted by Crippen LogP contribution is 2.33. The molecule has 3 rings (SSSR count). The van der Waals surface area contributed by atoms with Gasteiger partial charge in [-0.3, -0.25) is 13.9 Å². The molecule has 232 valence electrons. The van der Waals surface area contributed by atoms with Crippen LogP contribution in [0.2, 0.25) is 0 Å². The van der Waals surface area contributed by atoms with E-state index in [0.29, 0.717) is 15.9 Å². The lowest BCUT2D eigenvalue weighted by molar-refractivity contribution is -0.141. The summed E-state index contributed by atoms with van der Waals surface area (Å²) in [6.07, 6.45) is -4.53. The first-order chi connectivity index (χ1) is 19.9. The van der Waals surface area contributed by atoms with Crippen LogP contribution in [-0.4, -0.2) is 43.3 Å². The van der Waals surface area contributed by atoms with Crippen LogP contribution in [0.3, 0.4) is 0 Å². The molecule has 0 bridgehead atoms. The molecule has 1 atom stereocenters. The maximum atomic E-state index is 14.1. The molecule has 3 aromatic carbocycles. The van der Waals surface area contributed by atoms with Crippen LogP contribution >= 0.6 is 0 Å². The smallest absolute Gasteiger partial charge is 0.350 e. The number of carbonyl (C=O) groups is 2. The van der Waals surface area contributed by atoms with E-state index in [9.17, 15) is 31.2 Å². The Kier molecular flexibility index (Phi) is 10.3. The summed E-state index contributed by atoms with van der Waals surface area (Å²) >= 11 is 0. The number of hydrogen-bond acceptors (Lipinski definition) is 4. The molecule has 11 heteroatoms. The number of rotatable bonds is 10. The van der Waals surface area contributed by atoms with E-state index in [1.807, 2.05) is 19.1 Å². The molecule has 43 heavy (non-hydrogen) atoms. The third kappa shape index (κ3) is 8.82. The first-order valence-corrected chi connectivity index (χ1v) is 15.3. The molecule has 2 amide bonds. The lowest BCUT2D eigenvalue weighted by Crippen LogP contribution is -2.55. The lowest BCUT2D eigenvalue weighted by Gasteiger charge is -2.35. The average Bonchev–Trinajstić information content (AvgIpc) is 2.90. The summed E-state index contributed by atoms with van der Waals surface area (Å²) in [5.74, 6) is -1.17. The highest BCUT2D eigenvalue weighted by molar-refractivity contribution is 7.92. The van der Waals surface area contributed by atoms with Gasteiger partial charge >= 0.3 is 6.18 Å². The van der Waals surface area contributed by atoms with Gasteiger partial charge < -0.3 is 10.2 Å². The summed E-state index contributed by atoms with van der Waals surface area (Å²) in [7, 11) is -4.50. The van der Waals surface area contributed by atoms with Crippen LogP contribution in [0.5, 0.6) is 0 Å². The van der Waals surface area contributed by atoms with E-state index >= 15 is 0 Å². The number of alkyl halides is 3. The minimum absolute atomic E-state index is 0.0163. The summed E-state index contributed by atoms with van der Waals surface area (Å²) in [6.45, 7) is 9.93. The van der Waals surface area contributed by atoms with E-state index in [-0.39, 0.29) is 23.5 Å². The first kappa shape index (κ1) is 33.6. The quantitative estimate of drug-likeness (QED) is 0.292. The fraction of sp³-hybridized carbons (Fsp3) is 0.375. The largest absolute Gasteiger partial charge is 0.416 e. The van der Waals surface area contributed by atoms with Crippen LogP contribution in [-0.2, 0) is 32.3 Å². The van der Waals surface area contributed by atoms with Crippen LogP contribution in [0.25, 0.3) is 0 Å². The molecule has 0 saturated carbocycles. The van der Waals surface area contributed by atoms with E-state index in [2.05, 4.69) is 5.32 Å². The van der Waals surface area contributed by atoms with Crippen molar-refractivity contribution in [3.8, 4) is 0 Å². The van der Waals surface area contributed by atoms with Crippen LogP contribution in [0.1, 0.15) is 56.4 Å². The molecule has 0 unspecified atom stereocenters. The molecular weight excluding hydrogens is 579 g/mol. The van der Waals surface area contributed by atoms with Crippen molar-refractivity contribution in [2.75, 3.05) is 10.8 Å². The number of hydrogen-bond donors (Lipinski definition) is 1. The molecule has 0 spiro atoms. The van der Waals surface area contributed by atoms with Crippen molar-refractivity contribution >= 4 is 27.5 Å². The molecule has 0 heterocycles. The SMILES string of the molecule is CC[C@H](C(=O)NC(C)(C)C)N(Cc1cccc(C)c1)C(=O)CN(c1cccc(C(F)(F)F)c1)S(=O)(=O)c1ccc(C)cc1. The van der Waals surface area contributed by atoms with E-state index in [1.165, 1.54) is 23.1 Å². The maximum absolute atomic E-state index is 14.1. The third-order valence-corrected chi connectivity index (χ3v) is 8.46. The molecule has 1 N–H and O–H groups in total. The number of sulfonamides is 1. The van der Waals surface area contributed by atoms with E-state index in [0.717, 1.165) is 23.3 Å². The van der Waals surface area contributed by atoms with Crippen molar-refractivity contribution in [3.63, 3.8) is 0 Å². The Labute approximate surface area is 251 Å². The number of aryl methyl sites for hydroxylation is 2. The van der Waals surface area contributed by atoms with Gasteiger partial charge in [0.1, 0.15) is 12.6 Å². The standard InChI is InChI=1S/C32H38F3N3O4S/c1-7-28(30(40)36-31(4,5)6)37(20-24-11-8-10-23(3)18-24)29(39)21-38(26-13-9-12-25(19-26)32(33,34)35)43(41,42)27-16-14-22(2)15-17-27/h8-19,28H,7,20-21H2,1-6H3,(H,36,40)/t28-/m1/s1. The molecule has 0 radical (unpaired) electrons. The zero-order chi connectivity index (χ0) is 32.2. The minimum Gasteiger partial charge on any atom is -0.350 e. The van der Waals surface area contributed by atoms with Crippen molar-refractivity contribution in [2.24, 2.45) is 0 Å². The summed E-state index contributed by atoms with van der Waals surface area (Å²) in [5.41, 5.74) is 0.412. The third-order valence-electron chi connectivity index (χ3n) is 6.67. The van der Waals surface area contributed by atoms with Crippen LogP contribution in [0.15, 0.2) is 77.7 Å². The van der Waals surface area contributed by atoms with Gasteiger partial charge in [0.05, 0.1) is 16.1 Å². The topological polar surface area (TPSA) is 86.8 Å². The van der Waals surface area contributed by atoms with Crippen molar-refractivity contribution in [1.82, 2.24) is 10.2 Å². The van der Waals surface area contributed by atoms with Crippen molar-refractivity contribution < 1.29 is 31.2 Å². The van der Waals surface area contributed by atoms with Gasteiger partial charge in [0.2, 0.25) is 11.8 Å². The average molecular weight is 618 g/mol. The number of anilines is 1. The van der Waals surface area contributed by atoms with Gasteiger partial charge in [0.15, 0.2) is 0 Å². The zero-order valence-corrected chi connectivity index (χ0v) is 26.0. The Morgan fingerprint density at radius 1 is 0.884 bits per heavy atom. The zero-order valence-electron chi connectivity index (χ0n) is 25.2. The Morgan fingerprint density at radius 3 is 2.07 bits per heavy atom. The van der Waals surface area contributed by atoms with Crippen molar-refractivity contribution in [2.45, 2.75) is 77.2 Å². The van der Waals surface area contributed by atoms with Gasteiger partial charge in [-0.15, -0.1) is 0 Å². The predicted octanol–water partition coefficient (Wildman–Crippen LogP) is 6.24. The molecular formula is C32H38F3N3O4S. The highest BCUT2D eigenvalue weighted by atomic mass is 32.2. The highest BCUT2D eigenvalue weighted by Gasteiger charge is 2.36. The fourth-order valence-electron chi connectivity index (χ4n) is 4.58. The number of amides is 2. The van der Waals surface area contributed by atoms with E-state index < -0.39 is 51.7 Å². The Balaban J connectivity index is 2.14. The molecule has 0 aliphatic rings. The molecule has 0 fully saturated rings. The van der Waals surface area contributed by atoms with Crippen molar-refractivity contribution in [3.05, 3.63) is 95.1 Å². The van der Waals surface area contributed by atoms with Crippen LogP contribution in [0, 0.1) is 13.8 Å². The molecule has 0 aliphatic carbocycles. The summed E-state index contributed by atoms with van der Waals surface area (Å²) < 4.78 is 69.5. The maximum Gasteiger partial charge on any atom is 0.416 e. The van der Waals surface area contributed by atoms with Gasteiger partial charge in [0, 0.05) is 12.1 Å². The van der Waals surface area contributed by atoms with Crippen LogP contribution < -0.4 is 9.62 Å². The van der Waals surface area contributed by atoms with Gasteiger partial charge in [-0.2, -0.15) is 13.2 Å². The molecule has 0 aliphatic heterocycles.